The van der Waals surface area contributed by atoms with Crippen LogP contribution in [-0.4, -0.2) is 29.7 Å². The molecule has 0 radical (unpaired) electrons. The van der Waals surface area contributed by atoms with Gasteiger partial charge >= 0.3 is 12.0 Å². The lowest BCUT2D eigenvalue weighted by Gasteiger charge is -2.18. The number of carboxylic acids is 1. The van der Waals surface area contributed by atoms with Gasteiger partial charge in [0.1, 0.15) is 0 Å². The maximum atomic E-state index is 11.6. The molecule has 2 atom stereocenters. The van der Waals surface area contributed by atoms with E-state index >= 15 is 0 Å². The zero-order valence-corrected chi connectivity index (χ0v) is 10.2. The number of rotatable bonds is 4. The number of carboxylic acid groups (broad SMARTS) is 1. The molecule has 2 aliphatic rings. The predicted molar refractivity (Wildman–Crippen MR) is 62.6 cm³/mol. The molecule has 17 heavy (non-hydrogen) atoms. The first-order valence-corrected chi connectivity index (χ1v) is 6.31. The molecule has 0 saturated heterocycles. The topological polar surface area (TPSA) is 78.4 Å². The lowest BCUT2D eigenvalue weighted by atomic mass is 10.1. The molecule has 0 aliphatic heterocycles. The van der Waals surface area contributed by atoms with Gasteiger partial charge in [0.25, 0.3) is 0 Å². The molecule has 0 heterocycles. The van der Waals surface area contributed by atoms with Gasteiger partial charge in [-0.2, -0.15) is 0 Å². The Morgan fingerprint density at radius 1 is 1.35 bits per heavy atom. The van der Waals surface area contributed by atoms with E-state index in [4.69, 9.17) is 5.11 Å². The van der Waals surface area contributed by atoms with Crippen molar-refractivity contribution in [1.82, 2.24) is 10.6 Å². The molecule has 0 aromatic carbocycles. The van der Waals surface area contributed by atoms with Crippen molar-refractivity contribution in [2.75, 3.05) is 6.54 Å². The summed E-state index contributed by atoms with van der Waals surface area (Å²) in [5, 5.41) is 14.6. The largest absolute Gasteiger partial charge is 0.481 e. The first-order chi connectivity index (χ1) is 8.03. The Bertz CT molecular complexity index is 326. The number of carbonyl (C=O) groups is 2. The first-order valence-electron chi connectivity index (χ1n) is 6.31. The SMILES string of the molecule is CC1CCCC1NC(=O)NCC1(C(=O)O)CC1. The van der Waals surface area contributed by atoms with E-state index in [0.717, 1.165) is 19.3 Å². The lowest BCUT2D eigenvalue weighted by molar-refractivity contribution is -0.143. The van der Waals surface area contributed by atoms with Gasteiger partial charge in [-0.15, -0.1) is 0 Å². The van der Waals surface area contributed by atoms with E-state index in [-0.39, 0.29) is 18.6 Å². The molecule has 5 heteroatoms. The number of hydrogen-bond acceptors (Lipinski definition) is 2. The Kier molecular flexibility index (Phi) is 3.26. The molecule has 0 bridgehead atoms. The molecular weight excluding hydrogens is 220 g/mol. The second-order valence-electron chi connectivity index (χ2n) is 5.43. The summed E-state index contributed by atoms with van der Waals surface area (Å²) in [5.74, 6) is -0.276. The monoisotopic (exact) mass is 240 g/mol. The second-order valence-corrected chi connectivity index (χ2v) is 5.43. The molecule has 0 aromatic heterocycles. The van der Waals surface area contributed by atoms with Crippen LogP contribution in [0.2, 0.25) is 0 Å². The minimum Gasteiger partial charge on any atom is -0.481 e. The van der Waals surface area contributed by atoms with Gasteiger partial charge in [-0.05, 0) is 31.6 Å². The third-order valence-corrected chi connectivity index (χ3v) is 4.07. The summed E-state index contributed by atoms with van der Waals surface area (Å²) in [6.45, 7) is 2.38. The van der Waals surface area contributed by atoms with Crippen molar-refractivity contribution in [3.8, 4) is 0 Å². The third kappa shape index (κ3) is 2.70. The first kappa shape index (κ1) is 12.2. The Balaban J connectivity index is 1.73. The van der Waals surface area contributed by atoms with E-state index in [0.29, 0.717) is 18.8 Å². The second kappa shape index (κ2) is 4.55. The van der Waals surface area contributed by atoms with Crippen LogP contribution in [0.3, 0.4) is 0 Å². The van der Waals surface area contributed by atoms with Crippen LogP contribution >= 0.6 is 0 Å². The van der Waals surface area contributed by atoms with Gasteiger partial charge in [0.2, 0.25) is 0 Å². The molecule has 2 saturated carbocycles. The molecule has 5 nitrogen and oxygen atoms in total. The number of nitrogens with one attached hydrogen (secondary N) is 2. The summed E-state index contributed by atoms with van der Waals surface area (Å²) < 4.78 is 0. The average Bonchev–Trinajstić information content (AvgIpc) is 2.97. The third-order valence-electron chi connectivity index (χ3n) is 4.07. The van der Waals surface area contributed by atoms with Crippen molar-refractivity contribution >= 4 is 12.0 Å². The van der Waals surface area contributed by atoms with E-state index in [1.807, 2.05) is 0 Å². The summed E-state index contributed by atoms with van der Waals surface area (Å²) in [7, 11) is 0. The van der Waals surface area contributed by atoms with E-state index in [9.17, 15) is 9.59 Å². The van der Waals surface area contributed by atoms with Crippen LogP contribution < -0.4 is 10.6 Å². The van der Waals surface area contributed by atoms with Crippen molar-refractivity contribution in [2.24, 2.45) is 11.3 Å². The molecule has 2 fully saturated rings. The molecule has 0 spiro atoms. The number of carbonyl (C=O) groups excluding carboxylic acids is 1. The highest BCUT2D eigenvalue weighted by molar-refractivity contribution is 5.80. The van der Waals surface area contributed by atoms with Crippen molar-refractivity contribution in [1.29, 1.82) is 0 Å². The highest BCUT2D eigenvalue weighted by Gasteiger charge is 2.50. The minimum absolute atomic E-state index is 0.226. The smallest absolute Gasteiger partial charge is 0.315 e. The Morgan fingerprint density at radius 3 is 2.53 bits per heavy atom. The fourth-order valence-electron chi connectivity index (χ4n) is 2.45. The molecule has 3 N–H and O–H groups in total. The van der Waals surface area contributed by atoms with E-state index in [1.54, 1.807) is 0 Å². The van der Waals surface area contributed by atoms with Crippen molar-refractivity contribution in [3.05, 3.63) is 0 Å². The maximum Gasteiger partial charge on any atom is 0.315 e. The van der Waals surface area contributed by atoms with Gasteiger partial charge in [0.15, 0.2) is 0 Å². The maximum absolute atomic E-state index is 11.6. The number of aliphatic carboxylic acids is 1. The standard InChI is InChI=1S/C12H20N2O3/c1-8-3-2-4-9(8)14-11(17)13-7-12(5-6-12)10(15)16/h8-9H,2-7H2,1H3,(H,15,16)(H2,13,14,17). The summed E-state index contributed by atoms with van der Waals surface area (Å²) in [4.78, 5) is 22.5. The van der Waals surface area contributed by atoms with Crippen LogP contribution in [-0.2, 0) is 4.79 Å². The van der Waals surface area contributed by atoms with Gasteiger partial charge < -0.3 is 15.7 Å². The Labute approximate surface area is 101 Å². The molecule has 2 amide bonds. The highest BCUT2D eigenvalue weighted by Crippen LogP contribution is 2.45. The minimum atomic E-state index is -0.799. The summed E-state index contributed by atoms with van der Waals surface area (Å²) in [6, 6.07) is 0.0197. The molecule has 2 unspecified atom stereocenters. The zero-order valence-electron chi connectivity index (χ0n) is 10.2. The molecule has 2 aliphatic carbocycles. The van der Waals surface area contributed by atoms with Crippen LogP contribution in [0.4, 0.5) is 4.79 Å². The van der Waals surface area contributed by atoms with Gasteiger partial charge in [0, 0.05) is 12.6 Å². The highest BCUT2D eigenvalue weighted by atomic mass is 16.4. The van der Waals surface area contributed by atoms with Crippen LogP contribution in [0, 0.1) is 11.3 Å². The van der Waals surface area contributed by atoms with E-state index < -0.39 is 11.4 Å². The summed E-state index contributed by atoms with van der Waals surface area (Å²) in [5.41, 5.74) is -0.682. The zero-order chi connectivity index (χ0) is 12.5. The lowest BCUT2D eigenvalue weighted by Crippen LogP contribution is -2.45. The fraction of sp³-hybridized carbons (Fsp3) is 0.833. The van der Waals surface area contributed by atoms with Gasteiger partial charge in [0.05, 0.1) is 5.41 Å². The average molecular weight is 240 g/mol. The quantitative estimate of drug-likeness (QED) is 0.694. The van der Waals surface area contributed by atoms with Crippen LogP contribution in [0.25, 0.3) is 0 Å². The molecular formula is C12H20N2O3. The van der Waals surface area contributed by atoms with Gasteiger partial charge in [-0.1, -0.05) is 13.3 Å². The van der Waals surface area contributed by atoms with Crippen LogP contribution in [0.15, 0.2) is 0 Å². The number of urea groups is 1. The van der Waals surface area contributed by atoms with Crippen molar-refractivity contribution in [3.63, 3.8) is 0 Å². The van der Waals surface area contributed by atoms with Crippen molar-refractivity contribution in [2.45, 2.75) is 45.1 Å². The molecule has 96 valence electrons. The van der Waals surface area contributed by atoms with Crippen molar-refractivity contribution < 1.29 is 14.7 Å². The van der Waals surface area contributed by atoms with Gasteiger partial charge in [-0.25, -0.2) is 4.79 Å². The molecule has 0 aromatic rings. The summed E-state index contributed by atoms with van der Waals surface area (Å²) >= 11 is 0. The van der Waals surface area contributed by atoms with E-state index in [1.165, 1.54) is 0 Å². The Morgan fingerprint density at radius 2 is 2.06 bits per heavy atom. The normalized spacial score (nSPS) is 29.7. The van der Waals surface area contributed by atoms with Crippen LogP contribution in [0.5, 0.6) is 0 Å². The van der Waals surface area contributed by atoms with E-state index in [2.05, 4.69) is 17.6 Å². The van der Waals surface area contributed by atoms with Crippen LogP contribution in [0.1, 0.15) is 39.0 Å². The number of hydrogen-bond donors (Lipinski definition) is 3. The summed E-state index contributed by atoms with van der Waals surface area (Å²) in [6.07, 6.45) is 4.68. The van der Waals surface area contributed by atoms with Gasteiger partial charge in [-0.3, -0.25) is 4.79 Å². The number of amides is 2. The predicted octanol–water partition coefficient (Wildman–Crippen LogP) is 1.34. The molecule has 2 rings (SSSR count). The fourth-order valence-corrected chi connectivity index (χ4v) is 2.45. The Hall–Kier alpha value is -1.26.